The number of hydrogen-bond donors (Lipinski definition) is 0. The molecule has 0 fully saturated rings. The molecule has 0 saturated heterocycles. The number of hydrogen-bond acceptors (Lipinski definition) is 3. The molecular weight excluding hydrogens is 244 g/mol. The lowest BCUT2D eigenvalue weighted by Crippen LogP contribution is -2.27. The van der Waals surface area contributed by atoms with Crippen LogP contribution in [-0.4, -0.2) is 29.3 Å². The smallest absolute Gasteiger partial charge is 0.376 e. The molecule has 3 nitrogen and oxygen atoms in total. The van der Waals surface area contributed by atoms with Crippen LogP contribution < -0.4 is 0 Å². The molecule has 0 aromatic rings. The Balaban J connectivity index is 0. The fourth-order valence-corrected chi connectivity index (χ4v) is 2.56. The quantitative estimate of drug-likeness (QED) is 0.523. The van der Waals surface area contributed by atoms with Gasteiger partial charge < -0.3 is 13.3 Å². The van der Waals surface area contributed by atoms with E-state index in [1.807, 2.05) is 20.8 Å². The van der Waals surface area contributed by atoms with Crippen molar-refractivity contribution in [3.05, 3.63) is 12.2 Å². The molecule has 0 aromatic carbocycles. The minimum Gasteiger partial charge on any atom is -0.376 e. The molecule has 0 unspecified atom stereocenters. The summed E-state index contributed by atoms with van der Waals surface area (Å²) in [4.78, 5) is 0. The van der Waals surface area contributed by atoms with Crippen molar-refractivity contribution >= 4 is 9.53 Å². The first-order valence-electron chi connectivity index (χ1n) is 6.76. The summed E-state index contributed by atoms with van der Waals surface area (Å²) in [6, 6.07) is 0. The molecule has 0 spiro atoms. The molecule has 0 aliphatic carbocycles. The molecule has 0 bridgehead atoms. The van der Waals surface area contributed by atoms with E-state index < -0.39 is 9.53 Å². The summed E-state index contributed by atoms with van der Waals surface area (Å²) in [6.45, 7) is 20.4. The maximum atomic E-state index is 5.22. The molecule has 0 N–H and O–H groups in total. The van der Waals surface area contributed by atoms with E-state index >= 15 is 0 Å². The second-order valence-corrected chi connectivity index (χ2v) is 6.93. The van der Waals surface area contributed by atoms with E-state index in [0.29, 0.717) is 25.2 Å². The lowest BCUT2D eigenvalue weighted by atomic mass is 9.89. The molecule has 4 heteroatoms. The van der Waals surface area contributed by atoms with Crippen LogP contribution >= 0.6 is 0 Å². The predicted molar refractivity (Wildman–Crippen MR) is 80.9 cm³/mol. The van der Waals surface area contributed by atoms with Crippen LogP contribution in [0.5, 0.6) is 0 Å². The SMILES string of the molecule is C=C(C)CC(C)(C)C.CCO[SiH](OCC)OCC. The minimum atomic E-state index is -1.73. The van der Waals surface area contributed by atoms with Crippen LogP contribution in [0, 0.1) is 5.41 Å². The van der Waals surface area contributed by atoms with Gasteiger partial charge in [0.15, 0.2) is 0 Å². The zero-order chi connectivity index (χ0) is 14.6. The molecule has 0 aliphatic heterocycles. The maximum Gasteiger partial charge on any atom is 0.484 e. The molecule has 18 heavy (non-hydrogen) atoms. The second-order valence-electron chi connectivity index (χ2n) is 5.35. The third-order valence-electron chi connectivity index (χ3n) is 1.74. The van der Waals surface area contributed by atoms with Crippen molar-refractivity contribution < 1.29 is 13.3 Å². The molecule has 0 heterocycles. The summed E-state index contributed by atoms with van der Waals surface area (Å²) in [5, 5.41) is 0. The van der Waals surface area contributed by atoms with E-state index in [4.69, 9.17) is 13.3 Å². The average molecular weight is 276 g/mol. The normalized spacial score (nSPS) is 11.1. The van der Waals surface area contributed by atoms with Gasteiger partial charge >= 0.3 is 9.53 Å². The summed E-state index contributed by atoms with van der Waals surface area (Å²) < 4.78 is 15.7. The third-order valence-corrected chi connectivity index (χ3v) is 3.56. The molecule has 110 valence electrons. The maximum absolute atomic E-state index is 5.22. The molecule has 0 rings (SSSR count). The van der Waals surface area contributed by atoms with Gasteiger partial charge in [0.25, 0.3) is 0 Å². The van der Waals surface area contributed by atoms with Gasteiger partial charge in [0.05, 0.1) is 0 Å². The highest BCUT2D eigenvalue weighted by molar-refractivity contribution is 6.36. The molecule has 0 saturated carbocycles. The fourth-order valence-electron chi connectivity index (χ4n) is 1.46. The molecule has 0 aliphatic rings. The Morgan fingerprint density at radius 3 is 1.39 bits per heavy atom. The van der Waals surface area contributed by atoms with E-state index in [2.05, 4.69) is 34.3 Å². The zero-order valence-corrected chi connectivity index (χ0v) is 14.5. The van der Waals surface area contributed by atoms with E-state index in [-0.39, 0.29) is 0 Å². The molecule has 0 atom stereocenters. The van der Waals surface area contributed by atoms with Crippen molar-refractivity contribution in [3.63, 3.8) is 0 Å². The summed E-state index contributed by atoms with van der Waals surface area (Å²) in [5.41, 5.74) is 1.70. The van der Waals surface area contributed by atoms with Crippen molar-refractivity contribution in [2.45, 2.75) is 54.9 Å². The van der Waals surface area contributed by atoms with Crippen LogP contribution in [0.4, 0.5) is 0 Å². The van der Waals surface area contributed by atoms with Crippen LogP contribution in [-0.2, 0) is 13.3 Å². The first-order chi connectivity index (χ1) is 8.26. The van der Waals surface area contributed by atoms with E-state index in [1.54, 1.807) is 0 Å². The Morgan fingerprint density at radius 2 is 1.28 bits per heavy atom. The summed E-state index contributed by atoms with van der Waals surface area (Å²) in [5.74, 6) is 0. The largest absolute Gasteiger partial charge is 0.484 e. The van der Waals surface area contributed by atoms with Gasteiger partial charge in [-0.15, -0.1) is 6.58 Å². The Bertz CT molecular complexity index is 185. The Hall–Kier alpha value is -0.163. The van der Waals surface area contributed by atoms with Crippen LogP contribution in [0.15, 0.2) is 12.2 Å². The standard InChI is InChI=1S/C8H16.C6H16O3Si/c1-7(2)6-8(3,4)5;1-4-7-10(8-5-2)9-6-3/h1,6H2,2-5H3;10H,4-6H2,1-3H3. The van der Waals surface area contributed by atoms with Crippen molar-refractivity contribution in [3.8, 4) is 0 Å². The van der Waals surface area contributed by atoms with Gasteiger partial charge in [0.1, 0.15) is 0 Å². The second kappa shape index (κ2) is 11.9. The van der Waals surface area contributed by atoms with Gasteiger partial charge in [-0.2, -0.15) is 0 Å². The molecule has 0 aromatic heterocycles. The van der Waals surface area contributed by atoms with Crippen molar-refractivity contribution in [2.24, 2.45) is 5.41 Å². The van der Waals surface area contributed by atoms with Crippen LogP contribution in [0.2, 0.25) is 0 Å². The first kappa shape index (κ1) is 20.2. The molecule has 0 radical (unpaired) electrons. The van der Waals surface area contributed by atoms with Gasteiger partial charge in [0.2, 0.25) is 0 Å². The average Bonchev–Trinajstić information content (AvgIpc) is 2.15. The summed E-state index contributed by atoms with van der Waals surface area (Å²) >= 11 is 0. The van der Waals surface area contributed by atoms with Crippen LogP contribution in [0.25, 0.3) is 0 Å². The van der Waals surface area contributed by atoms with Crippen molar-refractivity contribution in [1.29, 1.82) is 0 Å². The van der Waals surface area contributed by atoms with E-state index in [9.17, 15) is 0 Å². The lowest BCUT2D eigenvalue weighted by molar-refractivity contribution is 0.107. The van der Waals surface area contributed by atoms with Gasteiger partial charge in [0, 0.05) is 19.8 Å². The van der Waals surface area contributed by atoms with E-state index in [0.717, 1.165) is 6.42 Å². The summed E-state index contributed by atoms with van der Waals surface area (Å²) in [7, 11) is -1.73. The highest BCUT2D eigenvalue weighted by atomic mass is 28.3. The predicted octanol–water partition coefficient (Wildman–Crippen LogP) is 3.81. The lowest BCUT2D eigenvalue weighted by Gasteiger charge is -2.17. The molecule has 0 amide bonds. The number of allylic oxidation sites excluding steroid dienone is 1. The van der Waals surface area contributed by atoms with Gasteiger partial charge in [-0.3, -0.25) is 0 Å². The van der Waals surface area contributed by atoms with E-state index in [1.165, 1.54) is 5.57 Å². The highest BCUT2D eigenvalue weighted by Crippen LogP contribution is 2.22. The van der Waals surface area contributed by atoms with Crippen molar-refractivity contribution in [2.75, 3.05) is 19.8 Å². The number of rotatable bonds is 7. The minimum absolute atomic E-state index is 0.422. The van der Waals surface area contributed by atoms with Gasteiger partial charge in [-0.1, -0.05) is 26.3 Å². The monoisotopic (exact) mass is 276 g/mol. The summed E-state index contributed by atoms with van der Waals surface area (Å²) in [6.07, 6.45) is 1.13. The van der Waals surface area contributed by atoms with Crippen LogP contribution in [0.1, 0.15) is 54.9 Å². The highest BCUT2D eigenvalue weighted by Gasteiger charge is 2.11. The molecular formula is C14H32O3Si. The zero-order valence-electron chi connectivity index (χ0n) is 13.3. The first-order valence-corrected chi connectivity index (χ1v) is 8.17. The van der Waals surface area contributed by atoms with Gasteiger partial charge in [-0.25, -0.2) is 0 Å². The Morgan fingerprint density at radius 1 is 0.944 bits per heavy atom. The third kappa shape index (κ3) is 18.2. The van der Waals surface area contributed by atoms with Crippen molar-refractivity contribution in [1.82, 2.24) is 0 Å². The Labute approximate surface area is 115 Å². The fraction of sp³-hybridized carbons (Fsp3) is 0.857. The topological polar surface area (TPSA) is 27.7 Å². The van der Waals surface area contributed by atoms with Gasteiger partial charge in [-0.05, 0) is 39.5 Å². The Kier molecular flexibility index (Phi) is 13.3. The van der Waals surface area contributed by atoms with Crippen LogP contribution in [0.3, 0.4) is 0 Å².